The molecule has 1 aromatic heterocycles. The van der Waals surface area contributed by atoms with Gasteiger partial charge in [-0.05, 0) is 38.8 Å². The number of amides is 1. The molecular weight excluding hydrogens is 342 g/mol. The maximum Gasteiger partial charge on any atom is 0.258 e. The average Bonchev–Trinajstić information content (AvgIpc) is 3.19. The monoisotopic (exact) mass is 369 g/mol. The highest BCUT2D eigenvalue weighted by Crippen LogP contribution is 2.19. The summed E-state index contributed by atoms with van der Waals surface area (Å²) in [6, 6.07) is 9.64. The van der Waals surface area contributed by atoms with Crippen LogP contribution in [0.25, 0.3) is 0 Å². The van der Waals surface area contributed by atoms with Gasteiger partial charge in [0, 0.05) is 37.9 Å². The molecule has 27 heavy (non-hydrogen) atoms. The second-order valence-corrected chi connectivity index (χ2v) is 6.76. The maximum atomic E-state index is 11.9. The summed E-state index contributed by atoms with van der Waals surface area (Å²) in [4.78, 5) is 23.2. The topological polar surface area (TPSA) is 79.4 Å². The van der Waals surface area contributed by atoms with E-state index in [0.29, 0.717) is 24.8 Å². The highest BCUT2D eigenvalue weighted by atomic mass is 16.5. The zero-order valence-corrected chi connectivity index (χ0v) is 16.0. The second kappa shape index (κ2) is 9.21. The first-order chi connectivity index (χ1) is 13.1. The van der Waals surface area contributed by atoms with Crippen molar-refractivity contribution in [2.24, 2.45) is 0 Å². The van der Waals surface area contributed by atoms with Crippen LogP contribution in [0.2, 0.25) is 0 Å². The second-order valence-electron chi connectivity index (χ2n) is 6.76. The van der Waals surface area contributed by atoms with Gasteiger partial charge in [-0.3, -0.25) is 4.79 Å². The number of aryl methyl sites for hydroxylation is 2. The number of anilines is 2. The van der Waals surface area contributed by atoms with Crippen LogP contribution in [0.15, 0.2) is 30.3 Å². The molecule has 0 spiro atoms. The van der Waals surface area contributed by atoms with E-state index in [1.807, 2.05) is 44.2 Å². The van der Waals surface area contributed by atoms with Crippen LogP contribution in [-0.4, -0.2) is 48.7 Å². The van der Waals surface area contributed by atoms with E-state index in [9.17, 15) is 4.79 Å². The van der Waals surface area contributed by atoms with Crippen molar-refractivity contribution in [2.45, 2.75) is 26.7 Å². The molecule has 2 N–H and O–H groups in total. The summed E-state index contributed by atoms with van der Waals surface area (Å²) < 4.78 is 5.46. The molecule has 0 bridgehead atoms. The zero-order valence-electron chi connectivity index (χ0n) is 16.0. The molecule has 1 saturated heterocycles. The highest BCUT2D eigenvalue weighted by Gasteiger charge is 2.15. The van der Waals surface area contributed by atoms with Gasteiger partial charge in [-0.25, -0.2) is 4.98 Å². The SMILES string of the molecule is Cc1ccc(OCC(=O)NCCNc2nc(C)cc(N3CCCC3)n2)cc1. The van der Waals surface area contributed by atoms with E-state index in [2.05, 4.69) is 25.5 Å². The lowest BCUT2D eigenvalue weighted by molar-refractivity contribution is -0.123. The molecule has 7 heteroatoms. The van der Waals surface area contributed by atoms with Crippen LogP contribution >= 0.6 is 0 Å². The Morgan fingerprint density at radius 3 is 2.59 bits per heavy atom. The molecule has 0 saturated carbocycles. The number of rotatable bonds is 8. The normalized spacial score (nSPS) is 13.5. The van der Waals surface area contributed by atoms with E-state index >= 15 is 0 Å². The largest absolute Gasteiger partial charge is 0.484 e. The molecule has 1 aliphatic heterocycles. The molecule has 0 atom stereocenters. The van der Waals surface area contributed by atoms with Crippen LogP contribution in [0.5, 0.6) is 5.75 Å². The smallest absolute Gasteiger partial charge is 0.258 e. The van der Waals surface area contributed by atoms with Crippen molar-refractivity contribution in [2.75, 3.05) is 43.0 Å². The van der Waals surface area contributed by atoms with E-state index in [-0.39, 0.29) is 12.5 Å². The average molecular weight is 369 g/mol. The van der Waals surface area contributed by atoms with Crippen molar-refractivity contribution in [1.82, 2.24) is 15.3 Å². The molecule has 0 radical (unpaired) electrons. The summed E-state index contributed by atoms with van der Waals surface area (Å²) in [7, 11) is 0. The van der Waals surface area contributed by atoms with Crippen molar-refractivity contribution >= 4 is 17.7 Å². The third-order valence-corrected chi connectivity index (χ3v) is 4.39. The van der Waals surface area contributed by atoms with Gasteiger partial charge in [0.2, 0.25) is 5.95 Å². The molecule has 2 aromatic rings. The quantitative estimate of drug-likeness (QED) is 0.695. The van der Waals surface area contributed by atoms with Crippen LogP contribution in [0, 0.1) is 13.8 Å². The van der Waals surface area contributed by atoms with Crippen molar-refractivity contribution in [3.05, 3.63) is 41.6 Å². The fourth-order valence-corrected chi connectivity index (χ4v) is 2.95. The van der Waals surface area contributed by atoms with Crippen LogP contribution < -0.4 is 20.3 Å². The Balaban J connectivity index is 1.39. The van der Waals surface area contributed by atoms with Gasteiger partial charge in [0.05, 0.1) is 0 Å². The Hall–Kier alpha value is -2.83. The van der Waals surface area contributed by atoms with Crippen molar-refractivity contribution in [1.29, 1.82) is 0 Å². The first-order valence-electron chi connectivity index (χ1n) is 9.41. The molecule has 144 valence electrons. The molecular formula is C20H27N5O2. The number of hydrogen-bond donors (Lipinski definition) is 2. The van der Waals surface area contributed by atoms with E-state index in [1.165, 1.54) is 12.8 Å². The predicted octanol–water partition coefficient (Wildman–Crippen LogP) is 2.30. The first kappa shape index (κ1) is 18.9. The Morgan fingerprint density at radius 2 is 1.85 bits per heavy atom. The van der Waals surface area contributed by atoms with Crippen LogP contribution in [-0.2, 0) is 4.79 Å². The molecule has 1 amide bonds. The van der Waals surface area contributed by atoms with E-state index in [1.54, 1.807) is 0 Å². The summed E-state index contributed by atoms with van der Waals surface area (Å²) in [5, 5.41) is 6.01. The minimum Gasteiger partial charge on any atom is -0.484 e. The van der Waals surface area contributed by atoms with Gasteiger partial charge in [0.15, 0.2) is 6.61 Å². The van der Waals surface area contributed by atoms with Gasteiger partial charge < -0.3 is 20.3 Å². The van der Waals surface area contributed by atoms with Gasteiger partial charge in [-0.15, -0.1) is 0 Å². The van der Waals surface area contributed by atoms with Gasteiger partial charge in [0.25, 0.3) is 5.91 Å². The zero-order chi connectivity index (χ0) is 19.1. The Morgan fingerprint density at radius 1 is 1.11 bits per heavy atom. The molecule has 1 aromatic carbocycles. The van der Waals surface area contributed by atoms with Gasteiger partial charge in [0.1, 0.15) is 11.6 Å². The third kappa shape index (κ3) is 5.84. The summed E-state index contributed by atoms with van der Waals surface area (Å²) in [5.41, 5.74) is 2.09. The number of nitrogens with zero attached hydrogens (tertiary/aromatic N) is 3. The number of carbonyl (C=O) groups is 1. The number of ether oxygens (including phenoxy) is 1. The fourth-order valence-electron chi connectivity index (χ4n) is 2.95. The van der Waals surface area contributed by atoms with Crippen molar-refractivity contribution < 1.29 is 9.53 Å². The lowest BCUT2D eigenvalue weighted by atomic mass is 10.2. The number of aromatic nitrogens is 2. The van der Waals surface area contributed by atoms with Crippen LogP contribution in [0.1, 0.15) is 24.1 Å². The molecule has 0 unspecified atom stereocenters. The Labute approximate surface area is 160 Å². The number of benzene rings is 1. The van der Waals surface area contributed by atoms with E-state index in [0.717, 1.165) is 30.2 Å². The summed E-state index contributed by atoms with van der Waals surface area (Å²) >= 11 is 0. The van der Waals surface area contributed by atoms with Gasteiger partial charge in [-0.2, -0.15) is 4.98 Å². The molecule has 1 fully saturated rings. The molecule has 3 rings (SSSR count). The van der Waals surface area contributed by atoms with Crippen molar-refractivity contribution in [3.8, 4) is 5.75 Å². The van der Waals surface area contributed by atoms with Gasteiger partial charge in [-0.1, -0.05) is 17.7 Å². The minimum atomic E-state index is -0.153. The molecule has 7 nitrogen and oxygen atoms in total. The van der Waals surface area contributed by atoms with Crippen LogP contribution in [0.3, 0.4) is 0 Å². The first-order valence-corrected chi connectivity index (χ1v) is 9.41. The third-order valence-electron chi connectivity index (χ3n) is 4.39. The van der Waals surface area contributed by atoms with Crippen molar-refractivity contribution in [3.63, 3.8) is 0 Å². The standard InChI is InChI=1S/C20H27N5O2/c1-15-5-7-17(8-6-15)27-14-19(26)21-9-10-22-20-23-16(2)13-18(24-20)25-11-3-4-12-25/h5-8,13H,3-4,9-12,14H2,1-2H3,(H,21,26)(H,22,23,24). The van der Waals surface area contributed by atoms with Crippen LogP contribution in [0.4, 0.5) is 11.8 Å². The Bertz CT molecular complexity index is 757. The molecule has 2 heterocycles. The summed E-state index contributed by atoms with van der Waals surface area (Å²) in [5.74, 6) is 2.11. The number of nitrogens with one attached hydrogen (secondary N) is 2. The Kier molecular flexibility index (Phi) is 6.46. The maximum absolute atomic E-state index is 11.9. The van der Waals surface area contributed by atoms with Gasteiger partial charge >= 0.3 is 0 Å². The minimum absolute atomic E-state index is 0.00309. The predicted molar refractivity (Wildman–Crippen MR) is 106 cm³/mol. The highest BCUT2D eigenvalue weighted by molar-refractivity contribution is 5.77. The van der Waals surface area contributed by atoms with E-state index < -0.39 is 0 Å². The lowest BCUT2D eigenvalue weighted by Gasteiger charge is -2.17. The van der Waals surface area contributed by atoms with E-state index in [4.69, 9.17) is 4.74 Å². The number of carbonyl (C=O) groups excluding carboxylic acids is 1. The lowest BCUT2D eigenvalue weighted by Crippen LogP contribution is -2.33. The summed E-state index contributed by atoms with van der Waals surface area (Å²) in [6.45, 7) is 7.11. The summed E-state index contributed by atoms with van der Waals surface area (Å²) in [6.07, 6.45) is 2.42. The number of hydrogen-bond acceptors (Lipinski definition) is 6. The fraction of sp³-hybridized carbons (Fsp3) is 0.450. The molecule has 1 aliphatic rings. The molecule has 0 aliphatic carbocycles.